The van der Waals surface area contributed by atoms with Crippen LogP contribution < -0.4 is 10.6 Å². The minimum absolute atomic E-state index is 0.110. The summed E-state index contributed by atoms with van der Waals surface area (Å²) in [7, 11) is 0. The average Bonchev–Trinajstić information content (AvgIpc) is 2.38. The lowest BCUT2D eigenvalue weighted by atomic mass is 10.1. The Morgan fingerprint density at radius 1 is 1.37 bits per heavy atom. The smallest absolute Gasteiger partial charge is 0.272 e. The van der Waals surface area contributed by atoms with Crippen LogP contribution in [0.5, 0.6) is 0 Å². The molecule has 0 unspecified atom stereocenters. The van der Waals surface area contributed by atoms with E-state index < -0.39 is 4.92 Å². The van der Waals surface area contributed by atoms with Crippen molar-refractivity contribution in [3.05, 3.63) is 43.9 Å². The first-order valence-corrected chi connectivity index (χ1v) is 6.59. The van der Waals surface area contributed by atoms with E-state index in [9.17, 15) is 10.1 Å². The van der Waals surface area contributed by atoms with Crippen molar-refractivity contribution in [3.63, 3.8) is 0 Å². The van der Waals surface area contributed by atoms with Gasteiger partial charge in [-0.3, -0.25) is 10.1 Å². The Kier molecular flexibility index (Phi) is 4.63. The summed E-state index contributed by atoms with van der Waals surface area (Å²) in [5.74, 6) is 0. The normalized spacial score (nSPS) is 14.9. The number of halogens is 2. The minimum Gasteiger partial charge on any atom is -0.379 e. The molecule has 19 heavy (non-hydrogen) atoms. The van der Waals surface area contributed by atoms with Crippen LogP contribution in [0.4, 0.5) is 11.4 Å². The van der Waals surface area contributed by atoms with Crippen molar-refractivity contribution in [2.45, 2.75) is 6.42 Å². The summed E-state index contributed by atoms with van der Waals surface area (Å²) in [5, 5.41) is 17.5. The van der Waals surface area contributed by atoms with E-state index in [0.717, 1.165) is 19.5 Å². The van der Waals surface area contributed by atoms with E-state index in [1.54, 1.807) is 0 Å². The third-order valence-electron chi connectivity index (χ3n) is 2.89. The van der Waals surface area contributed by atoms with E-state index in [0.29, 0.717) is 12.2 Å². The molecule has 0 bridgehead atoms. The molecule has 1 aromatic rings. The highest BCUT2D eigenvalue weighted by atomic mass is 35.5. The van der Waals surface area contributed by atoms with Crippen molar-refractivity contribution >= 4 is 34.6 Å². The molecule has 0 radical (unpaired) electrons. The zero-order valence-electron chi connectivity index (χ0n) is 10.1. The monoisotopic (exact) mass is 301 g/mol. The number of benzene rings is 1. The molecule has 0 fully saturated rings. The van der Waals surface area contributed by atoms with Gasteiger partial charge in [-0.25, -0.2) is 0 Å². The number of nitro benzene ring substituents is 1. The fourth-order valence-corrected chi connectivity index (χ4v) is 2.48. The first-order chi connectivity index (χ1) is 9.08. The fourth-order valence-electron chi connectivity index (χ4n) is 1.87. The number of non-ortho nitro benzene ring substituents is 1. The van der Waals surface area contributed by atoms with Crippen LogP contribution in [0, 0.1) is 10.1 Å². The van der Waals surface area contributed by atoms with Gasteiger partial charge in [-0.15, -0.1) is 0 Å². The molecule has 0 spiro atoms. The quantitative estimate of drug-likeness (QED) is 0.509. The summed E-state index contributed by atoms with van der Waals surface area (Å²) < 4.78 is 0. The zero-order chi connectivity index (χ0) is 13.8. The maximum atomic E-state index is 10.7. The predicted octanol–water partition coefficient (Wildman–Crippen LogP) is 3.23. The Bertz CT molecular complexity index is 509. The summed E-state index contributed by atoms with van der Waals surface area (Å²) in [6.07, 6.45) is 3.08. The number of hydrogen-bond donors (Lipinski definition) is 2. The number of anilines is 1. The van der Waals surface area contributed by atoms with Gasteiger partial charge >= 0.3 is 0 Å². The summed E-state index contributed by atoms with van der Waals surface area (Å²) in [5.41, 5.74) is 1.69. The standard InChI is InChI=1S/C12H13Cl2N3O2/c13-10-5-9(17(18)19)6-11(14)12(10)16-7-8-1-3-15-4-2-8/h1,5-6,15-16H,2-4,7H2. The van der Waals surface area contributed by atoms with Crippen molar-refractivity contribution < 1.29 is 4.92 Å². The molecule has 0 atom stereocenters. The van der Waals surface area contributed by atoms with Gasteiger partial charge in [0.2, 0.25) is 0 Å². The second-order valence-electron chi connectivity index (χ2n) is 4.21. The lowest BCUT2D eigenvalue weighted by Crippen LogP contribution is -2.23. The van der Waals surface area contributed by atoms with Gasteiger partial charge in [-0.1, -0.05) is 34.9 Å². The van der Waals surface area contributed by atoms with Crippen molar-refractivity contribution in [1.82, 2.24) is 5.32 Å². The number of rotatable bonds is 4. The summed E-state index contributed by atoms with van der Waals surface area (Å²) in [6, 6.07) is 2.60. The zero-order valence-corrected chi connectivity index (χ0v) is 11.6. The van der Waals surface area contributed by atoms with E-state index in [-0.39, 0.29) is 15.7 Å². The van der Waals surface area contributed by atoms with Crippen molar-refractivity contribution in [1.29, 1.82) is 0 Å². The molecule has 5 nitrogen and oxygen atoms in total. The van der Waals surface area contributed by atoms with Gasteiger partial charge in [0.1, 0.15) is 0 Å². The number of nitro groups is 1. The molecule has 2 N–H and O–H groups in total. The highest BCUT2D eigenvalue weighted by molar-refractivity contribution is 6.39. The SMILES string of the molecule is O=[N+]([O-])c1cc(Cl)c(NCC2=CCNCC2)c(Cl)c1. The van der Waals surface area contributed by atoms with E-state index in [2.05, 4.69) is 16.7 Å². The van der Waals surface area contributed by atoms with Crippen LogP contribution in [0.2, 0.25) is 10.0 Å². The van der Waals surface area contributed by atoms with E-state index >= 15 is 0 Å². The summed E-state index contributed by atoms with van der Waals surface area (Å²) in [6.45, 7) is 2.45. The van der Waals surface area contributed by atoms with Gasteiger partial charge in [0.05, 0.1) is 20.7 Å². The fraction of sp³-hybridized carbons (Fsp3) is 0.333. The molecule has 0 aromatic heterocycles. The van der Waals surface area contributed by atoms with Crippen LogP contribution in [0.15, 0.2) is 23.8 Å². The lowest BCUT2D eigenvalue weighted by Gasteiger charge is -2.16. The number of hydrogen-bond acceptors (Lipinski definition) is 4. The Morgan fingerprint density at radius 2 is 2.05 bits per heavy atom. The van der Waals surface area contributed by atoms with Crippen LogP contribution in [0.3, 0.4) is 0 Å². The molecule has 0 saturated heterocycles. The van der Waals surface area contributed by atoms with Gasteiger partial charge in [0.15, 0.2) is 0 Å². The third kappa shape index (κ3) is 3.59. The topological polar surface area (TPSA) is 67.2 Å². The molecule has 1 aliphatic rings. The van der Waals surface area contributed by atoms with Gasteiger partial charge in [-0.05, 0) is 13.0 Å². The predicted molar refractivity (Wildman–Crippen MR) is 77.2 cm³/mol. The first-order valence-electron chi connectivity index (χ1n) is 5.84. The minimum atomic E-state index is -0.517. The van der Waals surface area contributed by atoms with Gasteiger partial charge in [-0.2, -0.15) is 0 Å². The summed E-state index contributed by atoms with van der Waals surface area (Å²) in [4.78, 5) is 10.2. The highest BCUT2D eigenvalue weighted by Crippen LogP contribution is 2.34. The van der Waals surface area contributed by atoms with Gasteiger partial charge in [0.25, 0.3) is 5.69 Å². The molecule has 102 valence electrons. The molecule has 1 aromatic carbocycles. The Balaban J connectivity index is 2.12. The van der Waals surface area contributed by atoms with Crippen molar-refractivity contribution in [2.24, 2.45) is 0 Å². The van der Waals surface area contributed by atoms with Crippen LogP contribution >= 0.6 is 23.2 Å². The van der Waals surface area contributed by atoms with Crippen molar-refractivity contribution in [2.75, 3.05) is 25.0 Å². The maximum absolute atomic E-state index is 10.7. The Morgan fingerprint density at radius 3 is 2.58 bits per heavy atom. The second-order valence-corrected chi connectivity index (χ2v) is 5.03. The maximum Gasteiger partial charge on any atom is 0.272 e. The molecule has 1 aliphatic heterocycles. The second kappa shape index (κ2) is 6.23. The first kappa shape index (κ1) is 14.1. The molecule has 0 saturated carbocycles. The Labute approximate surface area is 120 Å². The van der Waals surface area contributed by atoms with Crippen molar-refractivity contribution in [3.8, 4) is 0 Å². The molecule has 2 rings (SSSR count). The van der Waals surface area contributed by atoms with E-state index in [1.165, 1.54) is 17.7 Å². The molecular formula is C12H13Cl2N3O2. The molecule has 7 heteroatoms. The summed E-state index contributed by atoms with van der Waals surface area (Å²) >= 11 is 12.0. The van der Waals surface area contributed by atoms with Crippen LogP contribution in [0.25, 0.3) is 0 Å². The van der Waals surface area contributed by atoms with Gasteiger partial charge < -0.3 is 10.6 Å². The number of nitrogens with one attached hydrogen (secondary N) is 2. The number of nitrogens with zero attached hydrogens (tertiary/aromatic N) is 1. The highest BCUT2D eigenvalue weighted by Gasteiger charge is 2.14. The molecule has 1 heterocycles. The largest absolute Gasteiger partial charge is 0.379 e. The lowest BCUT2D eigenvalue weighted by molar-refractivity contribution is -0.384. The van der Waals surface area contributed by atoms with Crippen LogP contribution in [-0.2, 0) is 0 Å². The van der Waals surface area contributed by atoms with Gasteiger partial charge in [0, 0.05) is 25.2 Å². The van der Waals surface area contributed by atoms with Crippen LogP contribution in [0.1, 0.15) is 6.42 Å². The van der Waals surface area contributed by atoms with Crippen LogP contribution in [-0.4, -0.2) is 24.6 Å². The average molecular weight is 302 g/mol. The van der Waals surface area contributed by atoms with E-state index in [1.807, 2.05) is 0 Å². The van der Waals surface area contributed by atoms with E-state index in [4.69, 9.17) is 23.2 Å². The molecule has 0 amide bonds. The molecule has 0 aliphatic carbocycles. The third-order valence-corrected chi connectivity index (χ3v) is 3.48. The molecular weight excluding hydrogens is 289 g/mol. The Hall–Kier alpha value is -1.30.